The van der Waals surface area contributed by atoms with Gasteiger partial charge in [0.25, 0.3) is 0 Å². The molecule has 10 nitrogen and oxygen atoms in total. The predicted molar refractivity (Wildman–Crippen MR) is 87.7 cm³/mol. The lowest BCUT2D eigenvalue weighted by molar-refractivity contribution is -0.389. The van der Waals surface area contributed by atoms with Crippen molar-refractivity contribution in [3.8, 4) is 0 Å². The van der Waals surface area contributed by atoms with E-state index in [-0.39, 0.29) is 36.5 Å². The highest BCUT2D eigenvalue weighted by Crippen LogP contribution is 2.08. The van der Waals surface area contributed by atoms with Crippen molar-refractivity contribution in [1.82, 2.24) is 24.5 Å². The van der Waals surface area contributed by atoms with Gasteiger partial charge in [-0.15, -0.1) is 5.10 Å². The third kappa shape index (κ3) is 4.47. The Balaban J connectivity index is 1.51. The van der Waals surface area contributed by atoms with Gasteiger partial charge in [-0.05, 0) is 22.6 Å². The zero-order valence-electron chi connectivity index (χ0n) is 13.4. The number of nitro groups is 1. The van der Waals surface area contributed by atoms with E-state index in [0.717, 1.165) is 0 Å². The molecule has 0 bridgehead atoms. The summed E-state index contributed by atoms with van der Waals surface area (Å²) in [7, 11) is 0. The summed E-state index contributed by atoms with van der Waals surface area (Å²) < 4.78 is 16.0. The van der Waals surface area contributed by atoms with Gasteiger partial charge < -0.3 is 10.1 Å². The molecule has 1 N–H and O–H groups in total. The molecule has 2 heterocycles. The molecule has 0 saturated heterocycles. The van der Waals surface area contributed by atoms with Gasteiger partial charge in [-0.3, -0.25) is 10.1 Å². The van der Waals surface area contributed by atoms with E-state index in [0.29, 0.717) is 12.1 Å². The van der Waals surface area contributed by atoms with Crippen molar-refractivity contribution < 1.29 is 14.1 Å². The van der Waals surface area contributed by atoms with Gasteiger partial charge in [-0.2, -0.15) is 4.68 Å². The van der Waals surface area contributed by atoms with Crippen molar-refractivity contribution in [3.05, 3.63) is 64.4 Å². The fourth-order valence-electron chi connectivity index (χ4n) is 2.23. The molecule has 0 aliphatic rings. The molecule has 3 rings (SSSR count). The van der Waals surface area contributed by atoms with Crippen molar-refractivity contribution in [2.24, 2.45) is 0 Å². The second kappa shape index (κ2) is 7.51. The number of hydrogen-bond donors (Lipinski definition) is 1. The van der Waals surface area contributed by atoms with E-state index in [2.05, 4.69) is 20.5 Å². The van der Waals surface area contributed by atoms with Crippen LogP contribution in [0.2, 0.25) is 0 Å². The Kier molecular flexibility index (Phi) is 4.97. The Hall–Kier alpha value is -3.63. The van der Waals surface area contributed by atoms with E-state index in [1.54, 1.807) is 12.1 Å². The van der Waals surface area contributed by atoms with Crippen LogP contribution in [0, 0.1) is 15.9 Å². The second-order valence-corrected chi connectivity index (χ2v) is 5.39. The number of hydrogen-bond acceptors (Lipinski definition) is 6. The second-order valence-electron chi connectivity index (χ2n) is 5.39. The summed E-state index contributed by atoms with van der Waals surface area (Å²) in [6, 6.07) is 7.36. The van der Waals surface area contributed by atoms with Crippen LogP contribution in [0.15, 0.2) is 42.9 Å². The number of aromatic nitrogens is 5. The van der Waals surface area contributed by atoms with Crippen LogP contribution in [0.5, 0.6) is 0 Å². The largest absolute Gasteiger partial charge is 0.389 e. The minimum Gasteiger partial charge on any atom is -0.358 e. The summed E-state index contributed by atoms with van der Waals surface area (Å²) in [6.07, 6.45) is 2.91. The highest BCUT2D eigenvalue weighted by atomic mass is 19.1. The molecule has 1 aromatic carbocycles. The van der Waals surface area contributed by atoms with E-state index in [9.17, 15) is 19.3 Å². The fourth-order valence-corrected chi connectivity index (χ4v) is 2.23. The number of benzene rings is 1. The number of amides is 1. The first kappa shape index (κ1) is 17.2. The molecule has 11 heteroatoms. The smallest absolute Gasteiger partial charge is 0.358 e. The van der Waals surface area contributed by atoms with Crippen molar-refractivity contribution in [2.45, 2.75) is 19.5 Å². The lowest BCUT2D eigenvalue weighted by Crippen LogP contribution is -2.16. The first-order valence-corrected chi connectivity index (χ1v) is 7.61. The van der Waals surface area contributed by atoms with E-state index in [1.807, 2.05) is 0 Å². The van der Waals surface area contributed by atoms with E-state index < -0.39 is 4.92 Å². The molecule has 0 fully saturated rings. The topological polar surface area (TPSA) is 121 Å². The van der Waals surface area contributed by atoms with Crippen LogP contribution in [0.3, 0.4) is 0 Å². The highest BCUT2D eigenvalue weighted by molar-refractivity contribution is 5.88. The number of anilines is 1. The third-order valence-electron chi connectivity index (χ3n) is 3.40. The lowest BCUT2D eigenvalue weighted by Gasteiger charge is -2.01. The molecule has 0 unspecified atom stereocenters. The molecule has 0 atom stereocenters. The van der Waals surface area contributed by atoms with Crippen molar-refractivity contribution in [1.29, 1.82) is 0 Å². The van der Waals surface area contributed by atoms with Crippen molar-refractivity contribution in [2.75, 3.05) is 5.32 Å². The number of aryl methyl sites for hydroxylation is 1. The Bertz CT molecular complexity index is 937. The fraction of sp³-hybridized carbons (Fsp3) is 0.200. The summed E-state index contributed by atoms with van der Waals surface area (Å²) in [6.45, 7) is 0.501. The first-order chi connectivity index (χ1) is 12.5. The summed E-state index contributed by atoms with van der Waals surface area (Å²) in [5.41, 5.74) is 0.716. The van der Waals surface area contributed by atoms with Crippen molar-refractivity contribution >= 4 is 17.7 Å². The van der Waals surface area contributed by atoms with Gasteiger partial charge in [0.2, 0.25) is 11.9 Å². The molecule has 1 amide bonds. The van der Waals surface area contributed by atoms with Crippen LogP contribution in [0.4, 0.5) is 16.2 Å². The SMILES string of the molecule is O=C(CCn1ccc([N+](=O)[O-])n1)Nc1ncn(Cc2cccc(F)c2)n1. The Morgan fingerprint density at radius 1 is 1.27 bits per heavy atom. The number of halogens is 1. The Labute approximate surface area is 146 Å². The summed E-state index contributed by atoms with van der Waals surface area (Å²) in [5.74, 6) is -0.845. The van der Waals surface area contributed by atoms with Gasteiger partial charge in [-0.1, -0.05) is 12.1 Å². The van der Waals surface area contributed by atoms with Gasteiger partial charge in [0, 0.05) is 6.42 Å². The monoisotopic (exact) mass is 359 g/mol. The molecule has 2 aromatic heterocycles. The average molecular weight is 359 g/mol. The zero-order valence-corrected chi connectivity index (χ0v) is 13.4. The first-order valence-electron chi connectivity index (χ1n) is 7.61. The van der Waals surface area contributed by atoms with Crippen LogP contribution in [0.25, 0.3) is 0 Å². The maximum absolute atomic E-state index is 13.2. The Morgan fingerprint density at radius 2 is 2.12 bits per heavy atom. The van der Waals surface area contributed by atoms with E-state index in [4.69, 9.17) is 0 Å². The standard InChI is InChI=1S/C15H14FN7O3/c16-12-3-1-2-11(8-12)9-22-10-17-15(20-22)18-14(24)5-7-21-6-4-13(19-21)23(25)26/h1-4,6,8,10H,5,7,9H2,(H,18,20,24). The molecule has 0 radical (unpaired) electrons. The summed E-state index contributed by atoms with van der Waals surface area (Å²) >= 11 is 0. The quantitative estimate of drug-likeness (QED) is 0.505. The van der Waals surface area contributed by atoms with E-state index in [1.165, 1.54) is 40.1 Å². The maximum atomic E-state index is 13.2. The molecule has 0 saturated carbocycles. The minimum atomic E-state index is -0.605. The van der Waals surface area contributed by atoms with Gasteiger partial charge in [-0.25, -0.2) is 14.1 Å². The lowest BCUT2D eigenvalue weighted by atomic mass is 10.2. The Morgan fingerprint density at radius 3 is 2.85 bits per heavy atom. The number of nitrogens with one attached hydrogen (secondary N) is 1. The average Bonchev–Trinajstić information content (AvgIpc) is 3.23. The van der Waals surface area contributed by atoms with Gasteiger partial charge in [0.05, 0.1) is 30.5 Å². The van der Waals surface area contributed by atoms with Crippen LogP contribution in [0.1, 0.15) is 12.0 Å². The third-order valence-corrected chi connectivity index (χ3v) is 3.40. The molecule has 134 valence electrons. The molecular weight excluding hydrogens is 345 g/mol. The molecular formula is C15H14FN7O3. The van der Waals surface area contributed by atoms with Gasteiger partial charge in [0.1, 0.15) is 12.1 Å². The molecule has 0 spiro atoms. The number of nitrogens with zero attached hydrogens (tertiary/aromatic N) is 6. The van der Waals surface area contributed by atoms with Gasteiger partial charge in [0.15, 0.2) is 0 Å². The zero-order chi connectivity index (χ0) is 18.5. The van der Waals surface area contributed by atoms with Crippen LogP contribution in [-0.4, -0.2) is 35.4 Å². The van der Waals surface area contributed by atoms with Crippen LogP contribution < -0.4 is 5.32 Å². The number of rotatable bonds is 7. The van der Waals surface area contributed by atoms with Crippen LogP contribution >= 0.6 is 0 Å². The summed E-state index contributed by atoms with van der Waals surface area (Å²) in [4.78, 5) is 25.8. The molecule has 0 aliphatic carbocycles. The van der Waals surface area contributed by atoms with Crippen LogP contribution in [-0.2, 0) is 17.9 Å². The molecule has 0 aliphatic heterocycles. The van der Waals surface area contributed by atoms with E-state index >= 15 is 0 Å². The number of carbonyl (C=O) groups is 1. The maximum Gasteiger partial charge on any atom is 0.389 e. The summed E-state index contributed by atoms with van der Waals surface area (Å²) in [5, 5.41) is 20.9. The molecule has 3 aromatic rings. The number of carbonyl (C=O) groups excluding carboxylic acids is 1. The van der Waals surface area contributed by atoms with Crippen molar-refractivity contribution in [3.63, 3.8) is 0 Å². The predicted octanol–water partition coefficient (Wildman–Crippen LogP) is 1.60. The highest BCUT2D eigenvalue weighted by Gasteiger charge is 2.13. The van der Waals surface area contributed by atoms with Gasteiger partial charge >= 0.3 is 5.82 Å². The normalized spacial score (nSPS) is 10.7. The minimum absolute atomic E-state index is 0.0528. The molecule has 26 heavy (non-hydrogen) atoms.